The van der Waals surface area contributed by atoms with Crippen molar-refractivity contribution in [2.75, 3.05) is 5.73 Å². The van der Waals surface area contributed by atoms with Crippen LogP contribution in [0.5, 0.6) is 0 Å². The van der Waals surface area contributed by atoms with Crippen LogP contribution >= 0.6 is 0 Å². The lowest BCUT2D eigenvalue weighted by atomic mass is 10.3. The Labute approximate surface area is 102 Å². The summed E-state index contributed by atoms with van der Waals surface area (Å²) >= 11 is 0. The molecule has 0 radical (unpaired) electrons. The maximum atomic E-state index is 5.68. The first-order chi connectivity index (χ1) is 8.83. The predicted octanol–water partition coefficient (Wildman–Crippen LogP) is 0.701. The van der Waals surface area contributed by atoms with Crippen LogP contribution < -0.4 is 5.73 Å². The van der Waals surface area contributed by atoms with Crippen LogP contribution in [0, 0.1) is 0 Å². The molecule has 0 unspecified atom stereocenters. The summed E-state index contributed by atoms with van der Waals surface area (Å²) in [5.41, 5.74) is 6.33. The predicted molar refractivity (Wildman–Crippen MR) is 64.6 cm³/mol. The van der Waals surface area contributed by atoms with E-state index in [1.807, 2.05) is 18.2 Å². The fourth-order valence-electron chi connectivity index (χ4n) is 1.48. The van der Waals surface area contributed by atoms with Crippen LogP contribution in [0.15, 0.2) is 43.1 Å². The average molecular weight is 239 g/mol. The SMILES string of the molecule is Nc1nc(-c2ccccn2)nc(-n2ccnc2)n1. The van der Waals surface area contributed by atoms with Crippen LogP contribution in [0.2, 0.25) is 0 Å². The highest BCUT2D eigenvalue weighted by atomic mass is 15.2. The van der Waals surface area contributed by atoms with E-state index in [1.165, 1.54) is 0 Å². The molecule has 0 atom stereocenters. The van der Waals surface area contributed by atoms with Gasteiger partial charge < -0.3 is 5.73 Å². The van der Waals surface area contributed by atoms with E-state index in [1.54, 1.807) is 29.5 Å². The van der Waals surface area contributed by atoms with Crippen molar-refractivity contribution in [1.82, 2.24) is 29.5 Å². The zero-order chi connectivity index (χ0) is 12.4. The lowest BCUT2D eigenvalue weighted by Crippen LogP contribution is -2.06. The van der Waals surface area contributed by atoms with E-state index in [9.17, 15) is 0 Å². The van der Waals surface area contributed by atoms with Crippen molar-refractivity contribution < 1.29 is 0 Å². The molecule has 0 amide bonds. The third-order valence-electron chi connectivity index (χ3n) is 2.27. The van der Waals surface area contributed by atoms with Crippen LogP contribution in [0.4, 0.5) is 5.95 Å². The molecular formula is C11H9N7. The Balaban J connectivity index is 2.12. The van der Waals surface area contributed by atoms with Gasteiger partial charge in [-0.25, -0.2) is 4.98 Å². The van der Waals surface area contributed by atoms with Gasteiger partial charge in [-0.1, -0.05) is 6.07 Å². The number of imidazole rings is 1. The average Bonchev–Trinajstić information content (AvgIpc) is 2.93. The van der Waals surface area contributed by atoms with Gasteiger partial charge in [0, 0.05) is 18.6 Å². The van der Waals surface area contributed by atoms with Crippen LogP contribution in [0.1, 0.15) is 0 Å². The molecule has 0 fully saturated rings. The van der Waals surface area contributed by atoms with E-state index >= 15 is 0 Å². The Morgan fingerprint density at radius 2 is 2.00 bits per heavy atom. The molecule has 3 aromatic rings. The second kappa shape index (κ2) is 4.21. The molecule has 18 heavy (non-hydrogen) atoms. The topological polar surface area (TPSA) is 95.4 Å². The summed E-state index contributed by atoms with van der Waals surface area (Å²) in [7, 11) is 0. The minimum absolute atomic E-state index is 0.148. The maximum Gasteiger partial charge on any atom is 0.240 e. The molecule has 0 aromatic carbocycles. The molecule has 0 aliphatic heterocycles. The van der Waals surface area contributed by atoms with Gasteiger partial charge in [-0.05, 0) is 12.1 Å². The zero-order valence-corrected chi connectivity index (χ0v) is 9.30. The number of hydrogen-bond donors (Lipinski definition) is 1. The molecule has 7 heteroatoms. The summed E-state index contributed by atoms with van der Waals surface area (Å²) in [6, 6.07) is 5.50. The van der Waals surface area contributed by atoms with Crippen molar-refractivity contribution in [3.8, 4) is 17.5 Å². The Kier molecular flexibility index (Phi) is 2.41. The molecule has 0 aliphatic rings. The molecule has 3 rings (SSSR count). The minimum atomic E-state index is 0.148. The van der Waals surface area contributed by atoms with Crippen molar-refractivity contribution in [2.24, 2.45) is 0 Å². The van der Waals surface area contributed by atoms with E-state index in [0.717, 1.165) is 0 Å². The summed E-state index contributed by atoms with van der Waals surface area (Å²) in [4.78, 5) is 20.5. The largest absolute Gasteiger partial charge is 0.368 e. The lowest BCUT2D eigenvalue weighted by Gasteiger charge is -2.04. The van der Waals surface area contributed by atoms with Crippen LogP contribution in [-0.2, 0) is 0 Å². The molecular weight excluding hydrogens is 230 g/mol. The maximum absolute atomic E-state index is 5.68. The van der Waals surface area contributed by atoms with Crippen LogP contribution in [-0.4, -0.2) is 29.5 Å². The molecule has 0 spiro atoms. The molecule has 88 valence electrons. The van der Waals surface area contributed by atoms with Crippen LogP contribution in [0.25, 0.3) is 17.5 Å². The second-order valence-electron chi connectivity index (χ2n) is 3.50. The Hall–Kier alpha value is -2.83. The summed E-state index contributed by atoms with van der Waals surface area (Å²) in [6.07, 6.45) is 6.64. The third-order valence-corrected chi connectivity index (χ3v) is 2.27. The number of nitrogen functional groups attached to an aromatic ring is 1. The van der Waals surface area contributed by atoms with Crippen molar-refractivity contribution in [3.05, 3.63) is 43.1 Å². The normalized spacial score (nSPS) is 10.4. The Morgan fingerprint density at radius 1 is 1.06 bits per heavy atom. The number of hydrogen-bond acceptors (Lipinski definition) is 6. The van der Waals surface area contributed by atoms with E-state index in [2.05, 4.69) is 24.9 Å². The van der Waals surface area contributed by atoms with Gasteiger partial charge in [0.2, 0.25) is 11.9 Å². The molecule has 0 bridgehead atoms. The molecule has 0 saturated heterocycles. The van der Waals surface area contributed by atoms with Gasteiger partial charge in [-0.15, -0.1) is 0 Å². The smallest absolute Gasteiger partial charge is 0.240 e. The van der Waals surface area contributed by atoms with Gasteiger partial charge in [-0.3, -0.25) is 9.55 Å². The molecule has 0 aliphatic carbocycles. The lowest BCUT2D eigenvalue weighted by molar-refractivity contribution is 0.903. The highest BCUT2D eigenvalue weighted by Gasteiger charge is 2.08. The monoisotopic (exact) mass is 239 g/mol. The summed E-state index contributed by atoms with van der Waals surface area (Å²) < 4.78 is 1.66. The quantitative estimate of drug-likeness (QED) is 0.707. The van der Waals surface area contributed by atoms with Gasteiger partial charge in [0.25, 0.3) is 0 Å². The highest BCUT2D eigenvalue weighted by molar-refractivity contribution is 5.50. The number of aromatic nitrogens is 6. The van der Waals surface area contributed by atoms with Crippen molar-refractivity contribution in [1.29, 1.82) is 0 Å². The standard InChI is InChI=1S/C11H9N7/c12-10-15-9(8-3-1-2-4-14-8)16-11(17-10)18-6-5-13-7-18/h1-7H,(H2,12,15,16,17). The second-order valence-corrected chi connectivity index (χ2v) is 3.50. The van der Waals surface area contributed by atoms with E-state index in [-0.39, 0.29) is 5.95 Å². The van der Waals surface area contributed by atoms with E-state index < -0.39 is 0 Å². The zero-order valence-electron chi connectivity index (χ0n) is 9.30. The molecule has 0 saturated carbocycles. The molecule has 7 nitrogen and oxygen atoms in total. The van der Waals surface area contributed by atoms with Crippen molar-refractivity contribution >= 4 is 5.95 Å². The number of nitrogens with zero attached hydrogens (tertiary/aromatic N) is 6. The Bertz CT molecular complexity index is 648. The number of rotatable bonds is 2. The molecule has 3 aromatic heterocycles. The number of pyridine rings is 1. The number of anilines is 1. The van der Waals surface area contributed by atoms with Gasteiger partial charge in [-0.2, -0.15) is 15.0 Å². The molecule has 2 N–H and O–H groups in total. The van der Waals surface area contributed by atoms with Crippen molar-refractivity contribution in [2.45, 2.75) is 0 Å². The number of nitrogens with two attached hydrogens (primary N) is 1. The van der Waals surface area contributed by atoms with Crippen LogP contribution in [0.3, 0.4) is 0 Å². The van der Waals surface area contributed by atoms with Gasteiger partial charge in [0.15, 0.2) is 5.82 Å². The Morgan fingerprint density at radius 3 is 2.72 bits per heavy atom. The summed E-state index contributed by atoms with van der Waals surface area (Å²) in [5, 5.41) is 0. The molecule has 3 heterocycles. The van der Waals surface area contributed by atoms with Gasteiger partial charge in [0.05, 0.1) is 0 Å². The summed E-state index contributed by atoms with van der Waals surface area (Å²) in [5.74, 6) is 1.00. The highest BCUT2D eigenvalue weighted by Crippen LogP contribution is 2.13. The summed E-state index contributed by atoms with van der Waals surface area (Å²) in [6.45, 7) is 0. The first-order valence-electron chi connectivity index (χ1n) is 5.24. The van der Waals surface area contributed by atoms with E-state index in [0.29, 0.717) is 17.5 Å². The van der Waals surface area contributed by atoms with E-state index in [4.69, 9.17) is 5.73 Å². The third kappa shape index (κ3) is 1.88. The first-order valence-corrected chi connectivity index (χ1v) is 5.24. The van der Waals surface area contributed by atoms with Crippen molar-refractivity contribution in [3.63, 3.8) is 0 Å². The fourth-order valence-corrected chi connectivity index (χ4v) is 1.48. The minimum Gasteiger partial charge on any atom is -0.368 e. The van der Waals surface area contributed by atoms with Gasteiger partial charge in [0.1, 0.15) is 12.0 Å². The fraction of sp³-hybridized carbons (Fsp3) is 0. The first kappa shape index (κ1) is 10.3. The van der Waals surface area contributed by atoms with Gasteiger partial charge >= 0.3 is 0 Å².